The Bertz CT molecular complexity index is 375. The third-order valence-corrected chi connectivity index (χ3v) is 3.19. The second-order valence-electron chi connectivity index (χ2n) is 4.34. The SMILES string of the molecule is N=c1n(CCO)nnn1C1CCCCCC1. The third kappa shape index (κ3) is 2.32. The molecule has 6 nitrogen and oxygen atoms in total. The molecule has 0 aromatic carbocycles. The molecule has 16 heavy (non-hydrogen) atoms. The average Bonchev–Trinajstić information content (AvgIpc) is 2.55. The Morgan fingerprint density at radius 2 is 1.88 bits per heavy atom. The minimum Gasteiger partial charge on any atom is -0.394 e. The number of hydrogen-bond acceptors (Lipinski definition) is 4. The largest absolute Gasteiger partial charge is 0.394 e. The zero-order chi connectivity index (χ0) is 11.4. The van der Waals surface area contributed by atoms with E-state index in [2.05, 4.69) is 10.4 Å². The van der Waals surface area contributed by atoms with Crippen LogP contribution in [0.5, 0.6) is 0 Å². The highest BCUT2D eigenvalue weighted by Crippen LogP contribution is 2.24. The number of tetrazole rings is 1. The molecule has 6 heteroatoms. The van der Waals surface area contributed by atoms with E-state index in [-0.39, 0.29) is 6.61 Å². The molecule has 0 radical (unpaired) electrons. The van der Waals surface area contributed by atoms with E-state index in [1.807, 2.05) is 0 Å². The van der Waals surface area contributed by atoms with Crippen molar-refractivity contribution in [3.63, 3.8) is 0 Å². The van der Waals surface area contributed by atoms with Crippen LogP contribution in [0.2, 0.25) is 0 Å². The number of aromatic nitrogens is 4. The first-order valence-electron chi connectivity index (χ1n) is 6.00. The van der Waals surface area contributed by atoms with Gasteiger partial charge in [0.1, 0.15) is 0 Å². The van der Waals surface area contributed by atoms with E-state index in [1.54, 1.807) is 4.68 Å². The molecule has 0 atom stereocenters. The number of nitrogens with zero attached hydrogens (tertiary/aromatic N) is 4. The van der Waals surface area contributed by atoms with Crippen LogP contribution in [0.15, 0.2) is 0 Å². The topological polar surface area (TPSA) is 79.7 Å². The van der Waals surface area contributed by atoms with Gasteiger partial charge in [0.15, 0.2) is 0 Å². The normalized spacial score (nSPS) is 18.6. The molecule has 0 amide bonds. The van der Waals surface area contributed by atoms with E-state index in [1.165, 1.54) is 30.4 Å². The zero-order valence-electron chi connectivity index (χ0n) is 9.47. The van der Waals surface area contributed by atoms with Crippen LogP contribution < -0.4 is 5.62 Å². The Labute approximate surface area is 94.4 Å². The van der Waals surface area contributed by atoms with Crippen LogP contribution in [-0.2, 0) is 6.54 Å². The van der Waals surface area contributed by atoms with E-state index in [0.29, 0.717) is 18.2 Å². The molecule has 1 heterocycles. The number of hydrogen-bond donors (Lipinski definition) is 2. The second kappa shape index (κ2) is 5.25. The molecule has 1 aliphatic rings. The number of aliphatic hydroxyl groups excluding tert-OH is 1. The van der Waals surface area contributed by atoms with E-state index >= 15 is 0 Å². The monoisotopic (exact) mass is 225 g/mol. The summed E-state index contributed by atoms with van der Waals surface area (Å²) in [6.45, 7) is 0.353. The number of rotatable bonds is 3. The first-order chi connectivity index (χ1) is 7.83. The van der Waals surface area contributed by atoms with Gasteiger partial charge in [-0.25, -0.2) is 9.36 Å². The van der Waals surface area contributed by atoms with Gasteiger partial charge in [0.25, 0.3) is 0 Å². The summed E-state index contributed by atoms with van der Waals surface area (Å²) in [6.07, 6.45) is 7.18. The Balaban J connectivity index is 2.15. The Hall–Kier alpha value is -1.17. The lowest BCUT2D eigenvalue weighted by atomic mass is 10.1. The molecule has 1 aromatic rings. The highest BCUT2D eigenvalue weighted by molar-refractivity contribution is 4.70. The lowest BCUT2D eigenvalue weighted by molar-refractivity contribution is 0.264. The van der Waals surface area contributed by atoms with Crippen molar-refractivity contribution in [2.45, 2.75) is 51.1 Å². The maximum atomic E-state index is 8.83. The van der Waals surface area contributed by atoms with Crippen molar-refractivity contribution in [3.8, 4) is 0 Å². The molecule has 0 bridgehead atoms. The summed E-state index contributed by atoms with van der Waals surface area (Å²) in [5, 5.41) is 24.7. The van der Waals surface area contributed by atoms with Gasteiger partial charge < -0.3 is 5.11 Å². The fourth-order valence-electron chi connectivity index (χ4n) is 2.29. The van der Waals surface area contributed by atoms with E-state index in [4.69, 9.17) is 10.5 Å². The summed E-state index contributed by atoms with van der Waals surface area (Å²) in [6, 6.07) is 0.322. The molecule has 0 unspecified atom stereocenters. The second-order valence-corrected chi connectivity index (χ2v) is 4.34. The molecule has 0 aliphatic heterocycles. The van der Waals surface area contributed by atoms with Crippen LogP contribution >= 0.6 is 0 Å². The summed E-state index contributed by atoms with van der Waals surface area (Å²) >= 11 is 0. The quantitative estimate of drug-likeness (QED) is 0.733. The Morgan fingerprint density at radius 3 is 2.50 bits per heavy atom. The van der Waals surface area contributed by atoms with Crippen molar-refractivity contribution in [1.82, 2.24) is 19.8 Å². The van der Waals surface area contributed by atoms with Crippen LogP contribution in [0, 0.1) is 5.41 Å². The Kier molecular flexibility index (Phi) is 3.71. The summed E-state index contributed by atoms with van der Waals surface area (Å²) < 4.78 is 3.16. The molecule has 1 saturated carbocycles. The van der Waals surface area contributed by atoms with Gasteiger partial charge in [-0.15, -0.1) is 0 Å². The molecule has 0 spiro atoms. The predicted molar refractivity (Wildman–Crippen MR) is 57.7 cm³/mol. The van der Waals surface area contributed by atoms with Gasteiger partial charge >= 0.3 is 0 Å². The van der Waals surface area contributed by atoms with E-state index < -0.39 is 0 Å². The van der Waals surface area contributed by atoms with Crippen molar-refractivity contribution < 1.29 is 5.11 Å². The minimum absolute atomic E-state index is 0.0000926. The van der Waals surface area contributed by atoms with Crippen molar-refractivity contribution in [2.75, 3.05) is 6.61 Å². The zero-order valence-corrected chi connectivity index (χ0v) is 9.47. The van der Waals surface area contributed by atoms with E-state index in [0.717, 1.165) is 12.8 Å². The molecule has 2 rings (SSSR count). The maximum absolute atomic E-state index is 8.83. The molecular weight excluding hydrogens is 206 g/mol. The van der Waals surface area contributed by atoms with Gasteiger partial charge in [-0.05, 0) is 23.3 Å². The number of nitrogens with one attached hydrogen (secondary N) is 1. The highest BCUT2D eigenvalue weighted by Gasteiger charge is 2.17. The van der Waals surface area contributed by atoms with Crippen LogP contribution in [0.4, 0.5) is 0 Å². The van der Waals surface area contributed by atoms with Gasteiger partial charge in [0, 0.05) is 0 Å². The van der Waals surface area contributed by atoms with Crippen LogP contribution in [-0.4, -0.2) is 31.5 Å². The van der Waals surface area contributed by atoms with Crippen molar-refractivity contribution in [1.29, 1.82) is 5.41 Å². The molecule has 1 aliphatic carbocycles. The van der Waals surface area contributed by atoms with Crippen molar-refractivity contribution >= 4 is 0 Å². The standard InChI is InChI=1S/C10H19N5O/c11-10-14(7-8-16)12-13-15(10)9-5-3-1-2-4-6-9/h9,11,16H,1-8H2. The number of aliphatic hydroxyl groups is 1. The third-order valence-electron chi connectivity index (χ3n) is 3.19. The first kappa shape index (κ1) is 11.3. The lowest BCUT2D eigenvalue weighted by Gasteiger charge is -2.12. The predicted octanol–water partition coefficient (Wildman–Crippen LogP) is 0.447. The fourth-order valence-corrected chi connectivity index (χ4v) is 2.29. The maximum Gasteiger partial charge on any atom is 0.238 e. The lowest BCUT2D eigenvalue weighted by Crippen LogP contribution is -2.29. The van der Waals surface area contributed by atoms with Crippen molar-refractivity contribution in [3.05, 3.63) is 5.62 Å². The summed E-state index contributed by atoms with van der Waals surface area (Å²) in [4.78, 5) is 0. The minimum atomic E-state index is -0.0000926. The molecule has 0 saturated heterocycles. The van der Waals surface area contributed by atoms with Gasteiger partial charge in [-0.1, -0.05) is 25.7 Å². The van der Waals surface area contributed by atoms with Crippen LogP contribution in [0.1, 0.15) is 44.6 Å². The molecule has 1 fully saturated rings. The smallest absolute Gasteiger partial charge is 0.238 e. The summed E-state index contributed by atoms with van der Waals surface area (Å²) in [7, 11) is 0. The van der Waals surface area contributed by atoms with E-state index in [9.17, 15) is 0 Å². The first-order valence-corrected chi connectivity index (χ1v) is 6.00. The molecule has 2 N–H and O–H groups in total. The van der Waals surface area contributed by atoms with Gasteiger partial charge in [-0.3, -0.25) is 5.41 Å². The fraction of sp³-hybridized carbons (Fsp3) is 0.900. The molecule has 90 valence electrons. The van der Waals surface area contributed by atoms with Gasteiger partial charge in [-0.2, -0.15) is 0 Å². The average molecular weight is 225 g/mol. The van der Waals surface area contributed by atoms with Gasteiger partial charge in [0.05, 0.1) is 19.2 Å². The van der Waals surface area contributed by atoms with Crippen molar-refractivity contribution in [2.24, 2.45) is 0 Å². The summed E-state index contributed by atoms with van der Waals surface area (Å²) in [5.41, 5.74) is 0.306. The molecule has 1 aromatic heterocycles. The van der Waals surface area contributed by atoms with Crippen LogP contribution in [0.3, 0.4) is 0 Å². The molecular formula is C10H19N5O. The van der Waals surface area contributed by atoms with Gasteiger partial charge in [0.2, 0.25) is 5.62 Å². The van der Waals surface area contributed by atoms with Crippen LogP contribution in [0.25, 0.3) is 0 Å². The Morgan fingerprint density at radius 1 is 1.19 bits per heavy atom. The highest BCUT2D eigenvalue weighted by atomic mass is 16.3. The summed E-state index contributed by atoms with van der Waals surface area (Å²) in [5.74, 6) is 0.